The molecule has 29 heavy (non-hydrogen) atoms. The van der Waals surface area contributed by atoms with Crippen LogP contribution < -0.4 is 14.8 Å². The Kier molecular flexibility index (Phi) is 5.98. The minimum Gasteiger partial charge on any atom is -0.489 e. The Bertz CT molecular complexity index is 868. The van der Waals surface area contributed by atoms with Gasteiger partial charge in [-0.2, -0.15) is 0 Å². The summed E-state index contributed by atoms with van der Waals surface area (Å²) in [6.07, 6.45) is 2.77. The van der Waals surface area contributed by atoms with Gasteiger partial charge in [0.15, 0.2) is 11.5 Å². The molecular weight excluding hydrogens is 368 g/mol. The number of hydrogen-bond acceptors (Lipinski definition) is 4. The van der Waals surface area contributed by atoms with Crippen molar-refractivity contribution in [2.75, 3.05) is 31.6 Å². The molecule has 0 bridgehead atoms. The Morgan fingerprint density at radius 2 is 1.83 bits per heavy atom. The molecule has 2 aliphatic heterocycles. The number of carbonyl (C=O) groups excluding carboxylic acids is 2. The maximum atomic E-state index is 12.9. The van der Waals surface area contributed by atoms with Gasteiger partial charge in [-0.1, -0.05) is 36.4 Å². The molecule has 2 aromatic rings. The van der Waals surface area contributed by atoms with Gasteiger partial charge in [-0.15, -0.1) is 0 Å². The van der Waals surface area contributed by atoms with E-state index in [4.69, 9.17) is 9.47 Å². The number of benzene rings is 2. The number of para-hydroxylation sites is 1. The molecule has 0 saturated carbocycles. The van der Waals surface area contributed by atoms with Gasteiger partial charge in [0.05, 0.1) is 31.2 Å². The number of nitrogens with zero attached hydrogens (tertiary/aromatic N) is 1. The molecule has 1 N–H and O–H groups in total. The van der Waals surface area contributed by atoms with Crippen LogP contribution >= 0.6 is 0 Å². The van der Waals surface area contributed by atoms with Gasteiger partial charge in [-0.25, -0.2) is 0 Å². The highest BCUT2D eigenvalue weighted by Crippen LogP contribution is 2.37. The van der Waals surface area contributed by atoms with Crippen molar-refractivity contribution in [1.29, 1.82) is 0 Å². The van der Waals surface area contributed by atoms with Gasteiger partial charge in [0.2, 0.25) is 11.8 Å². The summed E-state index contributed by atoms with van der Waals surface area (Å²) >= 11 is 0. The van der Waals surface area contributed by atoms with E-state index in [1.165, 1.54) is 0 Å². The zero-order valence-corrected chi connectivity index (χ0v) is 16.4. The third-order valence-electron chi connectivity index (χ3n) is 5.37. The molecule has 1 fully saturated rings. The molecular formula is C23H26N2O4. The molecule has 1 saturated heterocycles. The van der Waals surface area contributed by atoms with Crippen LogP contribution in [0.5, 0.6) is 11.5 Å². The van der Waals surface area contributed by atoms with Crippen LogP contribution in [0, 0.1) is 5.92 Å². The molecule has 0 aromatic heterocycles. The molecule has 0 aliphatic carbocycles. The zero-order valence-electron chi connectivity index (χ0n) is 16.4. The van der Waals surface area contributed by atoms with Crippen molar-refractivity contribution in [3.63, 3.8) is 0 Å². The van der Waals surface area contributed by atoms with Crippen LogP contribution in [0.2, 0.25) is 0 Å². The molecule has 2 heterocycles. The van der Waals surface area contributed by atoms with E-state index >= 15 is 0 Å². The van der Waals surface area contributed by atoms with Crippen LogP contribution in [0.15, 0.2) is 48.5 Å². The fraction of sp³-hybridized carbons (Fsp3) is 0.391. The molecule has 2 aliphatic rings. The molecule has 1 unspecified atom stereocenters. The van der Waals surface area contributed by atoms with E-state index in [-0.39, 0.29) is 17.7 Å². The number of fused-ring (bicyclic) bond motifs is 1. The van der Waals surface area contributed by atoms with Crippen molar-refractivity contribution in [2.24, 2.45) is 5.92 Å². The predicted octanol–water partition coefficient (Wildman–Crippen LogP) is 3.27. The highest BCUT2D eigenvalue weighted by atomic mass is 16.5. The average Bonchev–Trinajstić information content (AvgIpc) is 3.01. The first-order valence-electron chi connectivity index (χ1n) is 10.2. The normalized spacial score (nSPS) is 18.6. The first-order chi connectivity index (χ1) is 14.2. The smallest absolute Gasteiger partial charge is 0.229 e. The number of hydrogen-bond donors (Lipinski definition) is 1. The summed E-state index contributed by atoms with van der Waals surface area (Å²) in [7, 11) is 0. The van der Waals surface area contributed by atoms with Crippen molar-refractivity contribution < 1.29 is 19.1 Å². The van der Waals surface area contributed by atoms with Crippen LogP contribution in [-0.4, -0.2) is 43.0 Å². The van der Waals surface area contributed by atoms with Gasteiger partial charge in [-0.05, 0) is 30.5 Å². The lowest BCUT2D eigenvalue weighted by Gasteiger charge is -2.32. The topological polar surface area (TPSA) is 67.9 Å². The summed E-state index contributed by atoms with van der Waals surface area (Å²) in [4.78, 5) is 27.4. The third-order valence-corrected chi connectivity index (χ3v) is 5.37. The Morgan fingerprint density at radius 1 is 1.00 bits per heavy atom. The monoisotopic (exact) mass is 394 g/mol. The molecule has 0 radical (unpaired) electrons. The molecule has 6 heteroatoms. The van der Waals surface area contributed by atoms with Gasteiger partial charge in [0.25, 0.3) is 0 Å². The molecule has 6 nitrogen and oxygen atoms in total. The van der Waals surface area contributed by atoms with E-state index in [0.717, 1.165) is 24.8 Å². The van der Waals surface area contributed by atoms with Crippen molar-refractivity contribution in [2.45, 2.75) is 25.7 Å². The number of carbonyl (C=O) groups is 2. The van der Waals surface area contributed by atoms with Crippen molar-refractivity contribution in [1.82, 2.24) is 4.90 Å². The summed E-state index contributed by atoms with van der Waals surface area (Å²) < 4.78 is 11.5. The lowest BCUT2D eigenvalue weighted by Crippen LogP contribution is -2.44. The summed E-state index contributed by atoms with van der Waals surface area (Å²) in [5.41, 5.74) is 1.62. The van der Waals surface area contributed by atoms with Crippen LogP contribution in [0.25, 0.3) is 0 Å². The summed E-state index contributed by atoms with van der Waals surface area (Å²) in [5.74, 6) is 1.00. The van der Waals surface area contributed by atoms with E-state index in [2.05, 4.69) is 5.32 Å². The van der Waals surface area contributed by atoms with E-state index < -0.39 is 0 Å². The maximum absolute atomic E-state index is 12.9. The van der Waals surface area contributed by atoms with Gasteiger partial charge >= 0.3 is 0 Å². The lowest BCUT2D eigenvalue weighted by molar-refractivity contribution is -0.133. The largest absolute Gasteiger partial charge is 0.489 e. The molecule has 2 aromatic carbocycles. The van der Waals surface area contributed by atoms with Gasteiger partial charge in [0, 0.05) is 19.5 Å². The number of amides is 2. The van der Waals surface area contributed by atoms with Crippen molar-refractivity contribution in [3.8, 4) is 11.5 Å². The Labute approximate surface area is 170 Å². The minimum absolute atomic E-state index is 0.0685. The Balaban J connectivity index is 1.40. The lowest BCUT2D eigenvalue weighted by atomic mass is 9.96. The van der Waals surface area contributed by atoms with E-state index in [0.29, 0.717) is 49.9 Å². The second-order valence-corrected chi connectivity index (χ2v) is 7.51. The van der Waals surface area contributed by atoms with Crippen LogP contribution in [-0.2, 0) is 16.0 Å². The standard InChI is InChI=1S/C23H26N2O4/c26-21(15-17-7-2-1-3-8-17)25-12-5-9-18(16-25)23(27)24-19-10-4-11-20-22(19)29-14-6-13-28-20/h1-4,7-8,10-11,18H,5-6,9,12-16H2,(H,24,27). The second-order valence-electron chi connectivity index (χ2n) is 7.51. The summed E-state index contributed by atoms with van der Waals surface area (Å²) in [5, 5.41) is 2.99. The van der Waals surface area contributed by atoms with Crippen LogP contribution in [0.1, 0.15) is 24.8 Å². The Hall–Kier alpha value is -3.02. The third kappa shape index (κ3) is 4.70. The highest BCUT2D eigenvalue weighted by Gasteiger charge is 2.29. The van der Waals surface area contributed by atoms with E-state index in [1.54, 1.807) is 0 Å². The summed E-state index contributed by atoms with van der Waals surface area (Å²) in [6, 6.07) is 15.2. The van der Waals surface area contributed by atoms with E-state index in [1.807, 2.05) is 53.4 Å². The number of nitrogens with one attached hydrogen (secondary N) is 1. The first-order valence-corrected chi connectivity index (χ1v) is 10.2. The maximum Gasteiger partial charge on any atom is 0.229 e. The van der Waals surface area contributed by atoms with Gasteiger partial charge in [0.1, 0.15) is 0 Å². The number of anilines is 1. The molecule has 152 valence electrons. The zero-order chi connectivity index (χ0) is 20.1. The first kappa shape index (κ1) is 19.3. The highest BCUT2D eigenvalue weighted by molar-refractivity contribution is 5.95. The quantitative estimate of drug-likeness (QED) is 0.864. The number of rotatable bonds is 4. The SMILES string of the molecule is O=C(Nc1cccc2c1OCCCO2)C1CCCN(C(=O)Cc2ccccc2)C1. The number of ether oxygens (including phenoxy) is 2. The van der Waals surface area contributed by atoms with Crippen LogP contribution in [0.4, 0.5) is 5.69 Å². The second kappa shape index (κ2) is 8.99. The fourth-order valence-electron chi connectivity index (χ4n) is 3.83. The molecule has 4 rings (SSSR count). The van der Waals surface area contributed by atoms with E-state index in [9.17, 15) is 9.59 Å². The Morgan fingerprint density at radius 3 is 2.69 bits per heavy atom. The molecule has 1 atom stereocenters. The van der Waals surface area contributed by atoms with Gasteiger partial charge < -0.3 is 19.7 Å². The minimum atomic E-state index is -0.231. The van der Waals surface area contributed by atoms with Crippen molar-refractivity contribution >= 4 is 17.5 Å². The van der Waals surface area contributed by atoms with Crippen LogP contribution in [0.3, 0.4) is 0 Å². The number of piperidine rings is 1. The van der Waals surface area contributed by atoms with Gasteiger partial charge in [-0.3, -0.25) is 9.59 Å². The molecule has 2 amide bonds. The molecule has 0 spiro atoms. The predicted molar refractivity (Wildman–Crippen MR) is 110 cm³/mol. The average molecular weight is 394 g/mol. The number of likely N-dealkylation sites (tertiary alicyclic amines) is 1. The fourth-order valence-corrected chi connectivity index (χ4v) is 3.83. The van der Waals surface area contributed by atoms with Crippen molar-refractivity contribution in [3.05, 3.63) is 54.1 Å². The summed E-state index contributed by atoms with van der Waals surface area (Å²) in [6.45, 7) is 2.31.